The van der Waals surface area contributed by atoms with E-state index >= 15 is 0 Å². The fraction of sp³-hybridized carbons (Fsp3) is 0.812. The Labute approximate surface area is 127 Å². The number of rotatable bonds is 4. The number of nitrogens with zero attached hydrogens (tertiary/aromatic N) is 3. The molecular weight excluding hydrogens is 266 g/mol. The molecule has 0 bridgehead atoms. The van der Waals surface area contributed by atoms with Crippen LogP contribution in [0, 0.1) is 0 Å². The number of hydrogen-bond acceptors (Lipinski definition) is 5. The maximum Gasteiger partial charge on any atom is 0.208 e. The zero-order valence-electron chi connectivity index (χ0n) is 14.0. The fourth-order valence-electron chi connectivity index (χ4n) is 2.75. The second kappa shape index (κ2) is 6.46. The summed E-state index contributed by atoms with van der Waals surface area (Å²) in [6, 6.07) is 0.449. The van der Waals surface area contributed by atoms with Crippen LogP contribution in [0.4, 0.5) is 0 Å². The van der Waals surface area contributed by atoms with Gasteiger partial charge < -0.3 is 9.52 Å². The zero-order chi connectivity index (χ0) is 15.6. The predicted molar refractivity (Wildman–Crippen MR) is 83.2 cm³/mol. The summed E-state index contributed by atoms with van der Waals surface area (Å²) in [5.41, 5.74) is 0.00844. The monoisotopic (exact) mass is 295 g/mol. The molecule has 1 aromatic heterocycles. The van der Waals surface area contributed by atoms with Crippen LogP contribution in [0.25, 0.3) is 0 Å². The van der Waals surface area contributed by atoms with E-state index in [4.69, 9.17) is 4.42 Å². The molecule has 2 atom stereocenters. The molecule has 1 fully saturated rings. The lowest BCUT2D eigenvalue weighted by atomic mass is 9.94. The number of aliphatic hydroxyl groups is 1. The number of aromatic nitrogens is 1. The summed E-state index contributed by atoms with van der Waals surface area (Å²) in [5.74, 6) is 1.74. The third-order valence-corrected chi connectivity index (χ3v) is 4.00. The highest BCUT2D eigenvalue weighted by Gasteiger charge is 2.26. The largest absolute Gasteiger partial charge is 0.444 e. The summed E-state index contributed by atoms with van der Waals surface area (Å²) in [6.07, 6.45) is 1.59. The minimum atomic E-state index is -0.264. The first kappa shape index (κ1) is 16.5. The number of oxazole rings is 1. The van der Waals surface area contributed by atoms with Gasteiger partial charge >= 0.3 is 0 Å². The van der Waals surface area contributed by atoms with E-state index in [2.05, 4.69) is 42.5 Å². The molecule has 1 saturated heterocycles. The van der Waals surface area contributed by atoms with Crippen molar-refractivity contribution in [2.24, 2.45) is 0 Å². The molecule has 2 unspecified atom stereocenters. The Balaban J connectivity index is 1.89. The molecule has 5 nitrogen and oxygen atoms in total. The van der Waals surface area contributed by atoms with E-state index in [9.17, 15) is 5.11 Å². The van der Waals surface area contributed by atoms with Crippen LogP contribution in [-0.2, 0) is 12.0 Å². The van der Waals surface area contributed by atoms with E-state index in [1.165, 1.54) is 0 Å². The van der Waals surface area contributed by atoms with E-state index in [1.54, 1.807) is 0 Å². The third-order valence-electron chi connectivity index (χ3n) is 4.00. The van der Waals surface area contributed by atoms with E-state index in [-0.39, 0.29) is 11.5 Å². The van der Waals surface area contributed by atoms with Gasteiger partial charge in [-0.2, -0.15) is 0 Å². The van der Waals surface area contributed by atoms with Gasteiger partial charge in [0.25, 0.3) is 0 Å². The van der Waals surface area contributed by atoms with Crippen molar-refractivity contribution in [2.75, 3.05) is 26.2 Å². The van der Waals surface area contributed by atoms with Crippen LogP contribution in [0.5, 0.6) is 0 Å². The standard InChI is InChI=1S/C16H29N3O2/c1-12-9-18(6-7-19(12)10-13(2)20)11-15-17-8-14(21-15)16(3,4)5/h8,12-13,20H,6-7,9-11H2,1-5H3. The number of hydrogen-bond donors (Lipinski definition) is 1. The molecule has 0 aromatic carbocycles. The van der Waals surface area contributed by atoms with Crippen molar-refractivity contribution >= 4 is 0 Å². The molecule has 0 radical (unpaired) electrons. The molecule has 120 valence electrons. The van der Waals surface area contributed by atoms with Gasteiger partial charge in [0.05, 0.1) is 18.8 Å². The number of piperazine rings is 1. The highest BCUT2D eigenvalue weighted by atomic mass is 16.4. The quantitative estimate of drug-likeness (QED) is 0.919. The van der Waals surface area contributed by atoms with E-state index in [1.807, 2.05) is 13.1 Å². The first-order chi connectivity index (χ1) is 9.75. The smallest absolute Gasteiger partial charge is 0.208 e. The first-order valence-corrected chi connectivity index (χ1v) is 7.85. The van der Waals surface area contributed by atoms with Crippen molar-refractivity contribution in [1.29, 1.82) is 0 Å². The fourth-order valence-corrected chi connectivity index (χ4v) is 2.75. The summed E-state index contributed by atoms with van der Waals surface area (Å²) in [5, 5.41) is 9.52. The van der Waals surface area contributed by atoms with Gasteiger partial charge in [-0.15, -0.1) is 0 Å². The molecule has 2 heterocycles. The van der Waals surface area contributed by atoms with Crippen LogP contribution < -0.4 is 0 Å². The summed E-state index contributed by atoms with van der Waals surface area (Å²) >= 11 is 0. The van der Waals surface area contributed by atoms with Gasteiger partial charge in [-0.3, -0.25) is 9.80 Å². The maximum atomic E-state index is 9.52. The van der Waals surface area contributed by atoms with E-state index in [0.29, 0.717) is 6.04 Å². The van der Waals surface area contributed by atoms with Crippen LogP contribution in [0.1, 0.15) is 46.3 Å². The normalized spacial score (nSPS) is 23.4. The minimum absolute atomic E-state index is 0.00844. The lowest BCUT2D eigenvalue weighted by molar-refractivity contribution is 0.0390. The van der Waals surface area contributed by atoms with Crippen LogP contribution in [-0.4, -0.2) is 58.2 Å². The Morgan fingerprint density at radius 2 is 2.14 bits per heavy atom. The maximum absolute atomic E-state index is 9.52. The van der Waals surface area contributed by atoms with Crippen LogP contribution >= 0.6 is 0 Å². The lowest BCUT2D eigenvalue weighted by Gasteiger charge is -2.39. The highest BCUT2D eigenvalue weighted by molar-refractivity contribution is 5.06. The van der Waals surface area contributed by atoms with E-state index < -0.39 is 0 Å². The zero-order valence-corrected chi connectivity index (χ0v) is 14.0. The van der Waals surface area contributed by atoms with Gasteiger partial charge in [0.15, 0.2) is 0 Å². The van der Waals surface area contributed by atoms with E-state index in [0.717, 1.165) is 44.4 Å². The summed E-state index contributed by atoms with van der Waals surface area (Å²) < 4.78 is 5.87. The second-order valence-electron chi connectivity index (χ2n) is 7.30. The van der Waals surface area contributed by atoms with Crippen LogP contribution in [0.2, 0.25) is 0 Å². The average molecular weight is 295 g/mol. The van der Waals surface area contributed by atoms with Crippen molar-refractivity contribution in [3.63, 3.8) is 0 Å². The number of β-amino-alcohol motifs (C(OH)–C–C–N with tert-alkyl or cyclic N) is 1. The van der Waals surface area contributed by atoms with Crippen LogP contribution in [0.3, 0.4) is 0 Å². The molecule has 2 rings (SSSR count). The highest BCUT2D eigenvalue weighted by Crippen LogP contribution is 2.23. The van der Waals surface area contributed by atoms with Crippen molar-refractivity contribution in [3.05, 3.63) is 17.8 Å². The molecule has 1 aliphatic rings. The van der Waals surface area contributed by atoms with Gasteiger partial charge in [-0.25, -0.2) is 4.98 Å². The molecule has 0 aliphatic carbocycles. The summed E-state index contributed by atoms with van der Waals surface area (Å²) in [4.78, 5) is 9.13. The molecule has 1 aromatic rings. The topological polar surface area (TPSA) is 52.7 Å². The van der Waals surface area contributed by atoms with Gasteiger partial charge in [-0.1, -0.05) is 20.8 Å². The molecule has 1 aliphatic heterocycles. The Morgan fingerprint density at radius 3 is 2.67 bits per heavy atom. The average Bonchev–Trinajstić information content (AvgIpc) is 2.80. The Kier molecular flexibility index (Phi) is 5.07. The van der Waals surface area contributed by atoms with Gasteiger partial charge in [-0.05, 0) is 13.8 Å². The van der Waals surface area contributed by atoms with Gasteiger partial charge in [0, 0.05) is 37.6 Å². The van der Waals surface area contributed by atoms with Crippen molar-refractivity contribution in [1.82, 2.24) is 14.8 Å². The van der Waals surface area contributed by atoms with Crippen molar-refractivity contribution in [2.45, 2.75) is 58.7 Å². The SMILES string of the molecule is CC(O)CN1CCN(Cc2ncc(C(C)(C)C)o2)CC1C. The summed E-state index contributed by atoms with van der Waals surface area (Å²) in [6.45, 7) is 14.9. The van der Waals surface area contributed by atoms with Crippen LogP contribution in [0.15, 0.2) is 10.6 Å². The third kappa shape index (κ3) is 4.53. The first-order valence-electron chi connectivity index (χ1n) is 7.85. The molecule has 5 heteroatoms. The molecule has 0 spiro atoms. The molecule has 0 saturated carbocycles. The van der Waals surface area contributed by atoms with Crippen molar-refractivity contribution < 1.29 is 9.52 Å². The molecule has 21 heavy (non-hydrogen) atoms. The Bertz CT molecular complexity index is 451. The molecule has 1 N–H and O–H groups in total. The molecule has 0 amide bonds. The molecular formula is C16H29N3O2. The van der Waals surface area contributed by atoms with Gasteiger partial charge in [0.1, 0.15) is 5.76 Å². The Morgan fingerprint density at radius 1 is 1.43 bits per heavy atom. The lowest BCUT2D eigenvalue weighted by Crippen LogP contribution is -2.53. The minimum Gasteiger partial charge on any atom is -0.444 e. The van der Waals surface area contributed by atoms with Crippen molar-refractivity contribution in [3.8, 4) is 0 Å². The second-order valence-corrected chi connectivity index (χ2v) is 7.30. The Hall–Kier alpha value is -0.910. The van der Waals surface area contributed by atoms with Gasteiger partial charge in [0.2, 0.25) is 5.89 Å². The predicted octanol–water partition coefficient (Wildman–Crippen LogP) is 1.86. The number of aliphatic hydroxyl groups excluding tert-OH is 1. The summed E-state index contributed by atoms with van der Waals surface area (Å²) in [7, 11) is 0.